The van der Waals surface area contributed by atoms with Gasteiger partial charge in [0.05, 0.1) is 31.5 Å². The third kappa shape index (κ3) is 5.09. The molecule has 1 fully saturated rings. The van der Waals surface area contributed by atoms with E-state index in [2.05, 4.69) is 0 Å². The largest absolute Gasteiger partial charge is 0.507 e. The third-order valence-corrected chi connectivity index (χ3v) is 7.00. The van der Waals surface area contributed by atoms with Gasteiger partial charge in [0, 0.05) is 5.56 Å². The van der Waals surface area contributed by atoms with Gasteiger partial charge >= 0.3 is 0 Å². The Morgan fingerprint density at radius 1 is 0.927 bits per heavy atom. The van der Waals surface area contributed by atoms with E-state index in [-0.39, 0.29) is 17.9 Å². The molecule has 2 aliphatic rings. The molecular formula is C32H27NO8. The molecule has 1 amide bonds. The van der Waals surface area contributed by atoms with Gasteiger partial charge in [-0.2, -0.15) is 0 Å². The Balaban J connectivity index is 1.41. The minimum Gasteiger partial charge on any atom is -0.507 e. The number of methoxy groups -OCH3 is 1. The molecule has 1 aromatic heterocycles. The van der Waals surface area contributed by atoms with Gasteiger partial charge in [0.1, 0.15) is 31.3 Å². The summed E-state index contributed by atoms with van der Waals surface area (Å²) < 4.78 is 28.4. The maximum Gasteiger partial charge on any atom is 0.296 e. The highest BCUT2D eigenvalue weighted by molar-refractivity contribution is 6.46. The van der Waals surface area contributed by atoms with E-state index in [9.17, 15) is 14.7 Å². The first-order valence-electron chi connectivity index (χ1n) is 13.1. The Morgan fingerprint density at radius 2 is 1.73 bits per heavy atom. The van der Waals surface area contributed by atoms with Gasteiger partial charge in [-0.1, -0.05) is 36.4 Å². The number of ether oxygens (including phenoxy) is 4. The normalized spacial score (nSPS) is 17.5. The zero-order valence-electron chi connectivity index (χ0n) is 22.2. The van der Waals surface area contributed by atoms with Crippen LogP contribution in [0.15, 0.2) is 95.1 Å². The molecular weight excluding hydrogens is 526 g/mol. The van der Waals surface area contributed by atoms with Crippen LogP contribution in [-0.4, -0.2) is 42.0 Å². The predicted molar refractivity (Wildman–Crippen MR) is 148 cm³/mol. The lowest BCUT2D eigenvalue weighted by Gasteiger charge is -2.25. The highest BCUT2D eigenvalue weighted by atomic mass is 16.6. The Labute approximate surface area is 236 Å². The lowest BCUT2D eigenvalue weighted by atomic mass is 9.94. The standard InChI is InChI=1S/C32H27NO8/c1-37-26-16-21(9-11-24(26)41-19-20-6-3-2-4-7-20)29-28(31(35)32(36)33(29)18-23-8-5-13-38-23)30(34)22-10-12-25-27(17-22)40-15-14-39-25/h2-13,16-17,29,34H,14-15,18-19H2,1H3/b30-28+. The number of aliphatic hydroxyl groups is 1. The average Bonchev–Trinajstić information content (AvgIpc) is 3.62. The number of furan rings is 1. The van der Waals surface area contributed by atoms with Gasteiger partial charge in [-0.25, -0.2) is 0 Å². The number of amides is 1. The van der Waals surface area contributed by atoms with Crippen molar-refractivity contribution >= 4 is 17.4 Å². The number of hydrogen-bond donors (Lipinski definition) is 1. The second kappa shape index (κ2) is 11.1. The van der Waals surface area contributed by atoms with Gasteiger partial charge in [-0.15, -0.1) is 0 Å². The summed E-state index contributed by atoms with van der Waals surface area (Å²) in [4.78, 5) is 28.2. The molecule has 1 atom stereocenters. The Morgan fingerprint density at radius 3 is 2.49 bits per heavy atom. The minimum atomic E-state index is -0.926. The predicted octanol–water partition coefficient (Wildman–Crippen LogP) is 5.26. The van der Waals surface area contributed by atoms with Crippen LogP contribution in [0.4, 0.5) is 0 Å². The fraction of sp³-hybridized carbons (Fsp3) is 0.188. The van der Waals surface area contributed by atoms with Crippen molar-refractivity contribution in [1.82, 2.24) is 4.90 Å². The molecule has 0 aliphatic carbocycles. The molecule has 9 nitrogen and oxygen atoms in total. The zero-order chi connectivity index (χ0) is 28.3. The second-order valence-corrected chi connectivity index (χ2v) is 9.55. The quantitative estimate of drug-likeness (QED) is 0.179. The number of fused-ring (bicyclic) bond motifs is 1. The van der Waals surface area contributed by atoms with E-state index in [1.165, 1.54) is 18.3 Å². The van der Waals surface area contributed by atoms with E-state index in [1.54, 1.807) is 48.5 Å². The second-order valence-electron chi connectivity index (χ2n) is 9.55. The van der Waals surface area contributed by atoms with Crippen LogP contribution in [0.2, 0.25) is 0 Å². The fourth-order valence-electron chi connectivity index (χ4n) is 5.02. The highest BCUT2D eigenvalue weighted by Crippen LogP contribution is 2.43. The number of carbonyl (C=O) groups excluding carboxylic acids is 2. The fourth-order valence-corrected chi connectivity index (χ4v) is 5.02. The van der Waals surface area contributed by atoms with Gasteiger partial charge in [-0.3, -0.25) is 9.59 Å². The first-order valence-corrected chi connectivity index (χ1v) is 13.1. The van der Waals surface area contributed by atoms with E-state index in [0.29, 0.717) is 59.7 Å². The summed E-state index contributed by atoms with van der Waals surface area (Å²) >= 11 is 0. The van der Waals surface area contributed by atoms with Crippen molar-refractivity contribution < 1.29 is 38.1 Å². The van der Waals surface area contributed by atoms with Crippen LogP contribution < -0.4 is 18.9 Å². The number of benzene rings is 3. The number of hydrogen-bond acceptors (Lipinski definition) is 8. The number of likely N-dealkylation sites (tertiary alicyclic amines) is 1. The molecule has 1 saturated heterocycles. The average molecular weight is 554 g/mol. The molecule has 2 aliphatic heterocycles. The third-order valence-electron chi connectivity index (χ3n) is 7.00. The lowest BCUT2D eigenvalue weighted by Crippen LogP contribution is -2.29. The number of rotatable bonds is 8. The number of nitrogens with zero attached hydrogens (tertiary/aromatic N) is 1. The van der Waals surface area contributed by atoms with Crippen molar-refractivity contribution in [1.29, 1.82) is 0 Å². The van der Waals surface area contributed by atoms with Crippen LogP contribution in [-0.2, 0) is 22.7 Å². The summed E-state index contributed by atoms with van der Waals surface area (Å²) in [6, 6.07) is 22.3. The van der Waals surface area contributed by atoms with Gasteiger partial charge in [0.2, 0.25) is 0 Å². The van der Waals surface area contributed by atoms with Gasteiger partial charge in [0.15, 0.2) is 23.0 Å². The summed E-state index contributed by atoms with van der Waals surface area (Å²) in [5.41, 5.74) is 1.81. The monoisotopic (exact) mass is 553 g/mol. The summed E-state index contributed by atoms with van der Waals surface area (Å²) in [6.07, 6.45) is 1.50. The molecule has 9 heteroatoms. The first kappa shape index (κ1) is 26.1. The summed E-state index contributed by atoms with van der Waals surface area (Å²) in [5, 5.41) is 11.5. The van der Waals surface area contributed by atoms with E-state index in [0.717, 1.165) is 5.56 Å². The van der Waals surface area contributed by atoms with Crippen LogP contribution >= 0.6 is 0 Å². The maximum atomic E-state index is 13.5. The summed E-state index contributed by atoms with van der Waals surface area (Å²) in [6.45, 7) is 1.14. The molecule has 1 unspecified atom stereocenters. The van der Waals surface area contributed by atoms with Crippen LogP contribution in [0.5, 0.6) is 23.0 Å². The molecule has 41 heavy (non-hydrogen) atoms. The van der Waals surface area contributed by atoms with Crippen molar-refractivity contribution in [2.75, 3.05) is 20.3 Å². The van der Waals surface area contributed by atoms with Gasteiger partial charge < -0.3 is 33.4 Å². The minimum absolute atomic E-state index is 0.0226. The van der Waals surface area contributed by atoms with E-state index in [1.807, 2.05) is 30.3 Å². The zero-order valence-corrected chi connectivity index (χ0v) is 22.2. The summed E-state index contributed by atoms with van der Waals surface area (Å²) in [5.74, 6) is 0.505. The van der Waals surface area contributed by atoms with Gasteiger partial charge in [0.25, 0.3) is 11.7 Å². The summed E-state index contributed by atoms with van der Waals surface area (Å²) in [7, 11) is 1.52. The topological polar surface area (TPSA) is 108 Å². The number of aliphatic hydroxyl groups excluding tert-OH is 1. The maximum absolute atomic E-state index is 13.5. The Kier molecular flexibility index (Phi) is 7.08. The molecule has 6 rings (SSSR count). The first-order chi connectivity index (χ1) is 20.0. The molecule has 0 bridgehead atoms. The molecule has 1 N–H and O–H groups in total. The molecule has 0 saturated carbocycles. The smallest absolute Gasteiger partial charge is 0.296 e. The molecule has 0 spiro atoms. The molecule has 0 radical (unpaired) electrons. The molecule has 208 valence electrons. The van der Waals surface area contributed by atoms with Crippen molar-refractivity contribution in [3.8, 4) is 23.0 Å². The van der Waals surface area contributed by atoms with Crippen molar-refractivity contribution in [3.05, 3.63) is 113 Å². The molecule has 3 aromatic carbocycles. The number of Topliss-reactive ketones (excluding diaryl/α,β-unsaturated/α-hetero) is 1. The highest BCUT2D eigenvalue weighted by Gasteiger charge is 2.46. The van der Waals surface area contributed by atoms with Crippen LogP contribution in [0.25, 0.3) is 5.76 Å². The molecule has 3 heterocycles. The SMILES string of the molecule is COc1cc(C2/C(=C(\O)c3ccc4c(c3)OCCO4)C(=O)C(=O)N2Cc2ccco2)ccc1OCc1ccccc1. The lowest BCUT2D eigenvalue weighted by molar-refractivity contribution is -0.140. The van der Waals surface area contributed by atoms with E-state index < -0.39 is 17.7 Å². The van der Waals surface area contributed by atoms with Crippen LogP contribution in [0.3, 0.4) is 0 Å². The van der Waals surface area contributed by atoms with Crippen LogP contribution in [0.1, 0.15) is 28.5 Å². The van der Waals surface area contributed by atoms with Crippen molar-refractivity contribution in [2.24, 2.45) is 0 Å². The van der Waals surface area contributed by atoms with Crippen molar-refractivity contribution in [3.63, 3.8) is 0 Å². The Hall–Kier alpha value is -5.18. The number of ketones is 1. The van der Waals surface area contributed by atoms with Crippen molar-refractivity contribution in [2.45, 2.75) is 19.2 Å². The Bertz CT molecular complexity index is 1610. The van der Waals surface area contributed by atoms with Crippen LogP contribution in [0, 0.1) is 0 Å². The number of carbonyl (C=O) groups is 2. The van der Waals surface area contributed by atoms with E-state index >= 15 is 0 Å². The van der Waals surface area contributed by atoms with Gasteiger partial charge in [-0.05, 0) is 53.6 Å². The molecule has 4 aromatic rings. The van der Waals surface area contributed by atoms with E-state index in [4.69, 9.17) is 23.4 Å².